The average molecular weight is 364 g/mol. The number of hydrogen-bond donors (Lipinski definition) is 3. The van der Waals surface area contributed by atoms with E-state index in [2.05, 4.69) is 10.6 Å². The van der Waals surface area contributed by atoms with Gasteiger partial charge in [0, 0.05) is 0 Å². The summed E-state index contributed by atoms with van der Waals surface area (Å²) in [7, 11) is 0. The van der Waals surface area contributed by atoms with E-state index in [0.29, 0.717) is 11.4 Å². The van der Waals surface area contributed by atoms with Crippen molar-refractivity contribution in [2.75, 3.05) is 11.9 Å². The first-order valence-electron chi connectivity index (χ1n) is 8.16. The molecule has 5 amide bonds. The predicted octanol–water partition coefficient (Wildman–Crippen LogP) is 1.29. The summed E-state index contributed by atoms with van der Waals surface area (Å²) in [6.07, 6.45) is 3.35. The van der Waals surface area contributed by atoms with Crippen LogP contribution in [0.3, 0.4) is 0 Å². The zero-order chi connectivity index (χ0) is 18.2. The number of anilines is 1. The van der Waals surface area contributed by atoms with Gasteiger partial charge in [-0.25, -0.2) is 4.79 Å². The van der Waals surface area contributed by atoms with Crippen LogP contribution in [0, 0.1) is 5.92 Å². The molecular weight excluding hydrogens is 344 g/mol. The van der Waals surface area contributed by atoms with Gasteiger partial charge < -0.3 is 16.4 Å². The summed E-state index contributed by atoms with van der Waals surface area (Å²) in [6.45, 7) is 1.56. The molecule has 25 heavy (non-hydrogen) atoms. The van der Waals surface area contributed by atoms with Crippen molar-refractivity contribution in [2.45, 2.75) is 38.1 Å². The lowest BCUT2D eigenvalue weighted by atomic mass is 9.73. The van der Waals surface area contributed by atoms with E-state index >= 15 is 0 Å². The molecule has 9 heteroatoms. The highest BCUT2D eigenvalue weighted by atomic mass is 32.1. The number of carbonyl (C=O) groups excluding carboxylic acids is 4. The number of thiophene rings is 1. The van der Waals surface area contributed by atoms with Crippen LogP contribution in [-0.4, -0.2) is 40.7 Å². The molecule has 2 aliphatic rings. The van der Waals surface area contributed by atoms with Crippen LogP contribution in [0.25, 0.3) is 0 Å². The van der Waals surface area contributed by atoms with Crippen molar-refractivity contribution in [3.63, 3.8) is 0 Å². The second-order valence-corrected chi connectivity index (χ2v) is 7.43. The van der Waals surface area contributed by atoms with E-state index in [4.69, 9.17) is 5.73 Å². The lowest BCUT2D eigenvalue weighted by molar-refractivity contribution is -0.136. The van der Waals surface area contributed by atoms with Gasteiger partial charge in [0.2, 0.25) is 5.91 Å². The molecule has 0 aromatic carbocycles. The molecule has 1 saturated heterocycles. The van der Waals surface area contributed by atoms with Gasteiger partial charge in [-0.15, -0.1) is 11.3 Å². The highest BCUT2D eigenvalue weighted by Crippen LogP contribution is 2.38. The Balaban J connectivity index is 1.71. The summed E-state index contributed by atoms with van der Waals surface area (Å²) in [5.74, 6) is -1.51. The van der Waals surface area contributed by atoms with Gasteiger partial charge in [-0.1, -0.05) is 19.8 Å². The lowest BCUT2D eigenvalue weighted by Crippen LogP contribution is -2.54. The zero-order valence-electron chi connectivity index (χ0n) is 13.8. The standard InChI is InChI=1S/C16H20N4O4S/c1-9-4-2-3-6-16(9)14(23)20(15(24)19-16)8-11(21)18-13-10(12(17)22)5-7-25-13/h5,7,9H,2-4,6,8H2,1H3,(H2,17,22)(H,18,21)(H,19,24)/t9-,16+/m1/s1. The lowest BCUT2D eigenvalue weighted by Gasteiger charge is -2.36. The van der Waals surface area contributed by atoms with Crippen LogP contribution in [0.15, 0.2) is 11.4 Å². The second-order valence-electron chi connectivity index (χ2n) is 6.52. The van der Waals surface area contributed by atoms with Gasteiger partial charge in [-0.2, -0.15) is 0 Å². The monoisotopic (exact) mass is 364 g/mol. The fourth-order valence-electron chi connectivity index (χ4n) is 3.55. The number of amides is 5. The molecule has 2 fully saturated rings. The van der Waals surface area contributed by atoms with Crippen molar-refractivity contribution in [2.24, 2.45) is 11.7 Å². The first-order chi connectivity index (χ1) is 11.8. The third-order valence-corrected chi connectivity index (χ3v) is 5.82. The van der Waals surface area contributed by atoms with E-state index < -0.39 is 29.9 Å². The zero-order valence-corrected chi connectivity index (χ0v) is 14.6. The van der Waals surface area contributed by atoms with Crippen LogP contribution in [0.4, 0.5) is 9.80 Å². The van der Waals surface area contributed by atoms with Crippen LogP contribution in [0.5, 0.6) is 0 Å². The van der Waals surface area contributed by atoms with Crippen molar-refractivity contribution in [3.8, 4) is 0 Å². The maximum Gasteiger partial charge on any atom is 0.325 e. The van der Waals surface area contributed by atoms with Gasteiger partial charge in [0.15, 0.2) is 0 Å². The van der Waals surface area contributed by atoms with E-state index in [1.807, 2.05) is 6.92 Å². The summed E-state index contributed by atoms with van der Waals surface area (Å²) in [4.78, 5) is 49.6. The molecule has 8 nitrogen and oxygen atoms in total. The summed E-state index contributed by atoms with van der Waals surface area (Å²) >= 11 is 1.15. The van der Waals surface area contributed by atoms with Gasteiger partial charge in [-0.3, -0.25) is 19.3 Å². The minimum absolute atomic E-state index is 0.0320. The van der Waals surface area contributed by atoms with Crippen LogP contribution in [0.2, 0.25) is 0 Å². The Morgan fingerprint density at radius 2 is 2.20 bits per heavy atom. The Morgan fingerprint density at radius 1 is 1.44 bits per heavy atom. The highest BCUT2D eigenvalue weighted by molar-refractivity contribution is 7.14. The average Bonchev–Trinajstić information content (AvgIpc) is 3.10. The first-order valence-corrected chi connectivity index (χ1v) is 9.04. The Hall–Kier alpha value is -2.42. The van der Waals surface area contributed by atoms with Crippen molar-refractivity contribution in [1.82, 2.24) is 10.2 Å². The number of hydrogen-bond acceptors (Lipinski definition) is 5. The Bertz CT molecular complexity index is 746. The van der Waals surface area contributed by atoms with E-state index in [-0.39, 0.29) is 17.4 Å². The molecule has 2 heterocycles. The maximum atomic E-state index is 12.8. The summed E-state index contributed by atoms with van der Waals surface area (Å²) in [5.41, 5.74) is 4.55. The summed E-state index contributed by atoms with van der Waals surface area (Å²) < 4.78 is 0. The molecule has 1 saturated carbocycles. The molecule has 1 spiro atoms. The molecule has 1 aliphatic carbocycles. The highest BCUT2D eigenvalue weighted by Gasteiger charge is 2.55. The molecule has 0 bridgehead atoms. The third-order valence-electron chi connectivity index (χ3n) is 4.99. The summed E-state index contributed by atoms with van der Waals surface area (Å²) in [6, 6.07) is 0.963. The van der Waals surface area contributed by atoms with Crippen molar-refractivity contribution < 1.29 is 19.2 Å². The number of nitrogens with one attached hydrogen (secondary N) is 2. The normalized spacial score (nSPS) is 26.0. The van der Waals surface area contributed by atoms with Crippen molar-refractivity contribution in [1.29, 1.82) is 0 Å². The third kappa shape index (κ3) is 2.99. The van der Waals surface area contributed by atoms with E-state index in [1.165, 1.54) is 6.07 Å². The Kier molecular flexibility index (Phi) is 4.51. The Morgan fingerprint density at radius 3 is 2.88 bits per heavy atom. The number of nitrogens with zero attached hydrogens (tertiary/aromatic N) is 1. The predicted molar refractivity (Wildman–Crippen MR) is 92.1 cm³/mol. The van der Waals surface area contributed by atoms with E-state index in [9.17, 15) is 19.2 Å². The van der Waals surface area contributed by atoms with Crippen LogP contribution >= 0.6 is 11.3 Å². The molecule has 4 N–H and O–H groups in total. The molecule has 1 aromatic heterocycles. The number of imide groups is 1. The topological polar surface area (TPSA) is 122 Å². The fourth-order valence-corrected chi connectivity index (χ4v) is 4.36. The van der Waals surface area contributed by atoms with Crippen molar-refractivity contribution >= 4 is 40.1 Å². The maximum absolute atomic E-state index is 12.8. The fraction of sp³-hybridized carbons (Fsp3) is 0.500. The number of carbonyl (C=O) groups is 4. The molecular formula is C16H20N4O4S. The minimum Gasteiger partial charge on any atom is -0.366 e. The van der Waals surface area contributed by atoms with Crippen LogP contribution in [0.1, 0.15) is 43.0 Å². The van der Waals surface area contributed by atoms with Gasteiger partial charge in [0.05, 0.1) is 5.56 Å². The molecule has 2 atom stereocenters. The minimum atomic E-state index is -0.892. The molecule has 1 aromatic rings. The van der Waals surface area contributed by atoms with Gasteiger partial charge in [0.25, 0.3) is 11.8 Å². The van der Waals surface area contributed by atoms with Crippen LogP contribution in [-0.2, 0) is 9.59 Å². The molecule has 134 valence electrons. The number of nitrogens with two attached hydrogens (primary N) is 1. The number of rotatable bonds is 4. The molecule has 0 radical (unpaired) electrons. The van der Waals surface area contributed by atoms with Gasteiger partial charge >= 0.3 is 6.03 Å². The van der Waals surface area contributed by atoms with E-state index in [1.54, 1.807) is 5.38 Å². The molecule has 0 unspecified atom stereocenters. The molecule has 3 rings (SSSR count). The van der Waals surface area contributed by atoms with Gasteiger partial charge in [-0.05, 0) is 30.2 Å². The largest absolute Gasteiger partial charge is 0.366 e. The molecule has 1 aliphatic heterocycles. The van der Waals surface area contributed by atoms with Crippen molar-refractivity contribution in [3.05, 3.63) is 17.0 Å². The van der Waals surface area contributed by atoms with E-state index in [0.717, 1.165) is 35.5 Å². The second kappa shape index (κ2) is 6.47. The van der Waals surface area contributed by atoms with Crippen LogP contribution < -0.4 is 16.4 Å². The number of primary amides is 1. The van der Waals surface area contributed by atoms with Gasteiger partial charge in [0.1, 0.15) is 17.1 Å². The first kappa shape index (κ1) is 17.4. The summed E-state index contributed by atoms with van der Waals surface area (Å²) in [5, 5.41) is 7.28. The number of urea groups is 1. The quantitative estimate of drug-likeness (QED) is 0.697. The Labute approximate surface area is 148 Å². The SMILES string of the molecule is C[C@@H]1CCCC[C@]12NC(=O)N(CC(=O)Nc1sccc1C(N)=O)C2=O. The smallest absolute Gasteiger partial charge is 0.325 e.